The van der Waals surface area contributed by atoms with Crippen LogP contribution in [-0.2, 0) is 13.0 Å². The number of ether oxygens (including phenoxy) is 1. The lowest BCUT2D eigenvalue weighted by Gasteiger charge is -2.10. The second kappa shape index (κ2) is 10.1. The summed E-state index contributed by atoms with van der Waals surface area (Å²) in [7, 11) is 0. The number of aromatic nitrogens is 2. The van der Waals surface area contributed by atoms with E-state index in [4.69, 9.17) is 9.72 Å². The van der Waals surface area contributed by atoms with Gasteiger partial charge in [0.2, 0.25) is 0 Å². The van der Waals surface area contributed by atoms with Crippen LogP contribution < -0.4 is 10.1 Å². The Morgan fingerprint density at radius 1 is 1.00 bits per heavy atom. The predicted octanol–water partition coefficient (Wildman–Crippen LogP) is 4.93. The largest absolute Gasteiger partial charge is 0.494 e. The molecule has 2 heterocycles. The SMILES string of the molecule is O=C(NCCc1nc2ccccc2n1CCCCOc1ccccc1)c1cccs1. The van der Waals surface area contributed by atoms with Crippen LogP contribution in [0.3, 0.4) is 0 Å². The Balaban J connectivity index is 1.33. The van der Waals surface area contributed by atoms with Crippen LogP contribution in [0.2, 0.25) is 0 Å². The fraction of sp³-hybridized carbons (Fsp3) is 0.250. The maximum Gasteiger partial charge on any atom is 0.261 e. The molecule has 154 valence electrons. The molecule has 0 aliphatic carbocycles. The Labute approximate surface area is 180 Å². The van der Waals surface area contributed by atoms with E-state index in [9.17, 15) is 4.79 Å². The van der Waals surface area contributed by atoms with Gasteiger partial charge < -0.3 is 14.6 Å². The quantitative estimate of drug-likeness (QED) is 0.371. The zero-order valence-corrected chi connectivity index (χ0v) is 17.6. The average molecular weight is 420 g/mol. The predicted molar refractivity (Wildman–Crippen MR) is 121 cm³/mol. The number of carbonyl (C=O) groups excluding carboxylic acids is 1. The lowest BCUT2D eigenvalue weighted by atomic mass is 10.3. The van der Waals surface area contributed by atoms with Crippen molar-refractivity contribution in [2.75, 3.05) is 13.2 Å². The molecule has 0 aliphatic heterocycles. The number of benzene rings is 2. The van der Waals surface area contributed by atoms with Gasteiger partial charge in [-0.05, 0) is 48.6 Å². The van der Waals surface area contributed by atoms with Gasteiger partial charge in [0.1, 0.15) is 11.6 Å². The number of imidazole rings is 1. The Bertz CT molecular complexity index is 1070. The van der Waals surface area contributed by atoms with E-state index < -0.39 is 0 Å². The summed E-state index contributed by atoms with van der Waals surface area (Å²) in [6, 6.07) is 21.8. The first-order valence-electron chi connectivity index (χ1n) is 10.2. The van der Waals surface area contributed by atoms with Crippen LogP contribution in [-0.4, -0.2) is 28.6 Å². The third-order valence-electron chi connectivity index (χ3n) is 4.90. The number of fused-ring (bicyclic) bond motifs is 1. The number of nitrogens with zero attached hydrogens (tertiary/aromatic N) is 2. The van der Waals surface area contributed by atoms with Gasteiger partial charge in [-0.3, -0.25) is 4.79 Å². The second-order valence-electron chi connectivity index (χ2n) is 7.02. The van der Waals surface area contributed by atoms with Gasteiger partial charge in [-0.15, -0.1) is 11.3 Å². The van der Waals surface area contributed by atoms with E-state index in [0.717, 1.165) is 46.9 Å². The summed E-state index contributed by atoms with van der Waals surface area (Å²) in [5.74, 6) is 1.89. The molecule has 0 radical (unpaired) electrons. The van der Waals surface area contributed by atoms with Crippen molar-refractivity contribution in [3.05, 3.63) is 82.8 Å². The molecule has 4 rings (SSSR count). The number of aryl methyl sites for hydroxylation is 1. The fourth-order valence-electron chi connectivity index (χ4n) is 3.43. The van der Waals surface area contributed by atoms with Crippen LogP contribution >= 0.6 is 11.3 Å². The Hall–Kier alpha value is -3.12. The van der Waals surface area contributed by atoms with Crippen molar-refractivity contribution < 1.29 is 9.53 Å². The summed E-state index contributed by atoms with van der Waals surface area (Å²) in [5.41, 5.74) is 2.14. The van der Waals surface area contributed by atoms with E-state index in [1.807, 2.05) is 66.0 Å². The van der Waals surface area contributed by atoms with E-state index in [1.165, 1.54) is 11.3 Å². The van der Waals surface area contributed by atoms with Crippen molar-refractivity contribution >= 4 is 28.3 Å². The third kappa shape index (κ3) is 5.07. The van der Waals surface area contributed by atoms with Crippen molar-refractivity contribution in [1.29, 1.82) is 0 Å². The number of rotatable bonds is 10. The minimum absolute atomic E-state index is 0.0225. The number of carbonyl (C=O) groups is 1. The third-order valence-corrected chi connectivity index (χ3v) is 5.77. The van der Waals surface area contributed by atoms with Crippen LogP contribution in [0.15, 0.2) is 72.1 Å². The smallest absolute Gasteiger partial charge is 0.261 e. The van der Waals surface area contributed by atoms with Crippen molar-refractivity contribution in [2.24, 2.45) is 0 Å². The molecule has 0 bridgehead atoms. The highest BCUT2D eigenvalue weighted by atomic mass is 32.1. The molecular formula is C24H25N3O2S. The highest BCUT2D eigenvalue weighted by Crippen LogP contribution is 2.18. The molecule has 1 amide bonds. The summed E-state index contributed by atoms with van der Waals surface area (Å²) in [5, 5.41) is 4.91. The Morgan fingerprint density at radius 2 is 1.83 bits per heavy atom. The monoisotopic (exact) mass is 419 g/mol. The normalized spacial score (nSPS) is 10.9. The lowest BCUT2D eigenvalue weighted by molar-refractivity contribution is 0.0958. The highest BCUT2D eigenvalue weighted by Gasteiger charge is 2.11. The zero-order chi connectivity index (χ0) is 20.6. The van der Waals surface area contributed by atoms with Gasteiger partial charge in [0, 0.05) is 19.5 Å². The topological polar surface area (TPSA) is 56.2 Å². The first kappa shape index (κ1) is 20.2. The molecular weight excluding hydrogens is 394 g/mol. The molecule has 30 heavy (non-hydrogen) atoms. The average Bonchev–Trinajstić information content (AvgIpc) is 3.43. The number of para-hydroxylation sites is 3. The second-order valence-corrected chi connectivity index (χ2v) is 7.97. The number of nitrogens with one attached hydrogen (secondary N) is 1. The number of amides is 1. The van der Waals surface area contributed by atoms with E-state index in [0.29, 0.717) is 19.6 Å². The molecule has 4 aromatic rings. The molecule has 0 fully saturated rings. The summed E-state index contributed by atoms with van der Waals surface area (Å²) in [6.07, 6.45) is 2.67. The summed E-state index contributed by atoms with van der Waals surface area (Å²) < 4.78 is 8.07. The molecule has 0 spiro atoms. The highest BCUT2D eigenvalue weighted by molar-refractivity contribution is 7.12. The standard InChI is InChI=1S/C24H25N3O2S/c28-24(22-13-8-18-30-22)25-15-14-23-26-20-11-4-5-12-21(20)27(23)16-6-7-17-29-19-9-2-1-3-10-19/h1-5,8-13,18H,6-7,14-17H2,(H,25,28). The zero-order valence-electron chi connectivity index (χ0n) is 16.8. The first-order chi connectivity index (χ1) is 14.8. The molecule has 6 heteroatoms. The van der Waals surface area contributed by atoms with Gasteiger partial charge in [-0.1, -0.05) is 36.4 Å². The molecule has 1 N–H and O–H groups in total. The lowest BCUT2D eigenvalue weighted by Crippen LogP contribution is -2.25. The number of unbranched alkanes of at least 4 members (excludes halogenated alkanes) is 1. The maximum absolute atomic E-state index is 12.2. The van der Waals surface area contributed by atoms with Gasteiger partial charge in [-0.25, -0.2) is 4.98 Å². The van der Waals surface area contributed by atoms with E-state index in [2.05, 4.69) is 16.0 Å². The Kier molecular flexibility index (Phi) is 6.77. The van der Waals surface area contributed by atoms with Crippen molar-refractivity contribution in [2.45, 2.75) is 25.8 Å². The van der Waals surface area contributed by atoms with Crippen LogP contribution in [0.1, 0.15) is 28.3 Å². The molecule has 0 unspecified atom stereocenters. The Morgan fingerprint density at radius 3 is 2.67 bits per heavy atom. The van der Waals surface area contributed by atoms with Crippen LogP contribution in [0.5, 0.6) is 5.75 Å². The first-order valence-corrected chi connectivity index (χ1v) is 11.1. The van der Waals surface area contributed by atoms with E-state index >= 15 is 0 Å². The number of thiophene rings is 1. The maximum atomic E-state index is 12.2. The number of hydrogen-bond donors (Lipinski definition) is 1. The molecule has 0 atom stereocenters. The van der Waals surface area contributed by atoms with E-state index in [-0.39, 0.29) is 5.91 Å². The number of hydrogen-bond acceptors (Lipinski definition) is 4. The summed E-state index contributed by atoms with van der Waals surface area (Å²) in [4.78, 5) is 17.7. The van der Waals surface area contributed by atoms with Gasteiger partial charge >= 0.3 is 0 Å². The molecule has 2 aromatic heterocycles. The van der Waals surface area contributed by atoms with Crippen molar-refractivity contribution in [3.63, 3.8) is 0 Å². The van der Waals surface area contributed by atoms with Crippen LogP contribution in [0.4, 0.5) is 0 Å². The minimum Gasteiger partial charge on any atom is -0.494 e. The molecule has 0 saturated heterocycles. The summed E-state index contributed by atoms with van der Waals surface area (Å²) in [6.45, 7) is 2.15. The minimum atomic E-state index is -0.0225. The van der Waals surface area contributed by atoms with Crippen LogP contribution in [0, 0.1) is 0 Å². The molecule has 0 aliphatic rings. The van der Waals surface area contributed by atoms with Gasteiger partial charge in [0.05, 0.1) is 22.5 Å². The molecule has 0 saturated carbocycles. The van der Waals surface area contributed by atoms with Crippen LogP contribution in [0.25, 0.3) is 11.0 Å². The summed E-state index contributed by atoms with van der Waals surface area (Å²) >= 11 is 1.45. The van der Waals surface area contributed by atoms with E-state index in [1.54, 1.807) is 0 Å². The van der Waals surface area contributed by atoms with Crippen molar-refractivity contribution in [3.8, 4) is 5.75 Å². The van der Waals surface area contributed by atoms with Gasteiger partial charge in [-0.2, -0.15) is 0 Å². The fourth-order valence-corrected chi connectivity index (χ4v) is 4.07. The van der Waals surface area contributed by atoms with Crippen molar-refractivity contribution in [1.82, 2.24) is 14.9 Å². The van der Waals surface area contributed by atoms with Gasteiger partial charge in [0.15, 0.2) is 0 Å². The van der Waals surface area contributed by atoms with Gasteiger partial charge in [0.25, 0.3) is 5.91 Å². The molecule has 5 nitrogen and oxygen atoms in total. The molecule has 2 aromatic carbocycles.